The lowest BCUT2D eigenvalue weighted by molar-refractivity contribution is -0.153. The van der Waals surface area contributed by atoms with E-state index in [1.165, 1.54) is 0 Å². The second kappa shape index (κ2) is 11.0. The zero-order chi connectivity index (χ0) is 30.5. The van der Waals surface area contributed by atoms with E-state index in [0.717, 1.165) is 16.7 Å². The number of aliphatic hydroxyl groups excluding tert-OH is 1. The molecule has 3 aromatic rings. The zero-order valence-corrected chi connectivity index (χ0v) is 24.7. The SMILES string of the molecule is CC[C@@]12C=CCN(c3ccccc3)C(=O)[C@@H]1[C@H]1C(=O)N(CCCCO)C3C(=O)N(Cn4nnc5ccccc54)CC=C[C@@]31O2. The number of para-hydroxylation sites is 2. The van der Waals surface area contributed by atoms with Gasteiger partial charge in [-0.15, -0.1) is 5.10 Å². The highest BCUT2D eigenvalue weighted by atomic mass is 16.5. The minimum Gasteiger partial charge on any atom is -0.396 e. The van der Waals surface area contributed by atoms with Crippen LogP contribution in [0.1, 0.15) is 26.2 Å². The average molecular weight is 597 g/mol. The molecular formula is C33H36N6O5. The first kappa shape index (κ1) is 28.4. The van der Waals surface area contributed by atoms with E-state index in [0.29, 0.717) is 25.8 Å². The first-order valence-electron chi connectivity index (χ1n) is 15.3. The van der Waals surface area contributed by atoms with Crippen molar-refractivity contribution in [2.75, 3.05) is 31.1 Å². The van der Waals surface area contributed by atoms with Gasteiger partial charge in [-0.25, -0.2) is 4.68 Å². The predicted molar refractivity (Wildman–Crippen MR) is 162 cm³/mol. The minimum atomic E-state index is -1.34. The Morgan fingerprint density at radius 3 is 2.48 bits per heavy atom. The van der Waals surface area contributed by atoms with Gasteiger partial charge in [0.05, 0.1) is 23.0 Å². The molecule has 1 spiro atoms. The van der Waals surface area contributed by atoms with Gasteiger partial charge in [0.1, 0.15) is 23.8 Å². The second-order valence-electron chi connectivity index (χ2n) is 12.0. The van der Waals surface area contributed by atoms with Gasteiger partial charge in [-0.3, -0.25) is 14.4 Å². The van der Waals surface area contributed by atoms with Crippen molar-refractivity contribution in [2.24, 2.45) is 11.8 Å². The van der Waals surface area contributed by atoms with Crippen LogP contribution in [0.5, 0.6) is 0 Å². The quantitative estimate of drug-likeness (QED) is 0.313. The number of likely N-dealkylation sites (tertiary alicyclic amines) is 1. The standard InChI is InChI=1S/C33H36N6O5/c1-2-32-16-10-20-37(23-12-4-3-5-13-23)29(41)26(32)27-30(42)38(19-8-9-21-40)28-31(43)36(18-11-17-33(27,28)44-32)22-39-25-15-7-6-14-24(25)34-35-39/h3-7,10-17,26-28,40H,2,8-9,18-22H2,1H3/t26-,27-,28?,32+,33-/m0/s1. The first-order chi connectivity index (χ1) is 21.4. The summed E-state index contributed by atoms with van der Waals surface area (Å²) in [6.07, 6.45) is 9.08. The van der Waals surface area contributed by atoms with E-state index in [4.69, 9.17) is 4.74 Å². The van der Waals surface area contributed by atoms with Crippen LogP contribution >= 0.6 is 0 Å². The van der Waals surface area contributed by atoms with Gasteiger partial charge >= 0.3 is 0 Å². The Labute approximate surface area is 255 Å². The van der Waals surface area contributed by atoms with Crippen molar-refractivity contribution in [3.05, 3.63) is 78.9 Å². The predicted octanol–water partition coefficient (Wildman–Crippen LogP) is 2.52. The summed E-state index contributed by atoms with van der Waals surface area (Å²) in [6.45, 7) is 2.99. The number of fused-ring (bicyclic) bond motifs is 3. The van der Waals surface area contributed by atoms with Crippen molar-refractivity contribution in [2.45, 2.75) is 50.1 Å². The van der Waals surface area contributed by atoms with Crippen molar-refractivity contribution in [3.8, 4) is 0 Å². The van der Waals surface area contributed by atoms with Crippen molar-refractivity contribution < 1.29 is 24.2 Å². The van der Waals surface area contributed by atoms with E-state index < -0.39 is 29.1 Å². The lowest BCUT2D eigenvalue weighted by Gasteiger charge is -2.38. The molecule has 44 heavy (non-hydrogen) atoms. The molecule has 1 aromatic heterocycles. The number of unbranched alkanes of at least 4 members (excludes halogenated alkanes) is 1. The Morgan fingerprint density at radius 1 is 0.909 bits per heavy atom. The highest BCUT2D eigenvalue weighted by Gasteiger charge is 2.75. The van der Waals surface area contributed by atoms with Crippen LogP contribution in [0.25, 0.3) is 11.0 Å². The molecule has 0 saturated carbocycles. The molecule has 0 radical (unpaired) electrons. The molecule has 3 amide bonds. The molecule has 1 N–H and O–H groups in total. The number of ether oxygens (including phenoxy) is 1. The largest absolute Gasteiger partial charge is 0.396 e. The number of aromatic nitrogens is 3. The summed E-state index contributed by atoms with van der Waals surface area (Å²) in [5.41, 5.74) is -0.133. The number of rotatable bonds is 8. The lowest BCUT2D eigenvalue weighted by atomic mass is 9.73. The molecule has 4 aliphatic heterocycles. The Balaban J connectivity index is 1.31. The summed E-state index contributed by atoms with van der Waals surface area (Å²) in [4.78, 5) is 48.7. The number of aliphatic hydroxyl groups is 1. The van der Waals surface area contributed by atoms with Gasteiger partial charge in [0.25, 0.3) is 5.91 Å². The molecule has 228 valence electrons. The summed E-state index contributed by atoms with van der Waals surface area (Å²) in [6, 6.07) is 16.0. The van der Waals surface area contributed by atoms with Gasteiger partial charge in [-0.1, -0.05) is 66.8 Å². The maximum Gasteiger partial charge on any atom is 0.250 e. The number of benzene rings is 2. The summed E-state index contributed by atoms with van der Waals surface area (Å²) < 4.78 is 8.73. The molecule has 7 rings (SSSR count). The fourth-order valence-electron chi connectivity index (χ4n) is 7.59. The van der Waals surface area contributed by atoms with Crippen molar-refractivity contribution in [1.29, 1.82) is 0 Å². The highest BCUT2D eigenvalue weighted by Crippen LogP contribution is 2.58. The number of nitrogens with zero attached hydrogens (tertiary/aromatic N) is 6. The van der Waals surface area contributed by atoms with E-state index in [2.05, 4.69) is 10.3 Å². The second-order valence-corrected chi connectivity index (χ2v) is 12.0. The average Bonchev–Trinajstić information content (AvgIpc) is 3.58. The fourth-order valence-corrected chi connectivity index (χ4v) is 7.59. The number of carbonyl (C=O) groups excluding carboxylic acids is 3. The lowest BCUT2D eigenvalue weighted by Crippen LogP contribution is -2.56. The van der Waals surface area contributed by atoms with Crippen molar-refractivity contribution >= 4 is 34.4 Å². The van der Waals surface area contributed by atoms with Gasteiger partial charge in [0, 0.05) is 31.9 Å². The summed E-state index contributed by atoms with van der Waals surface area (Å²) >= 11 is 0. The molecule has 0 bridgehead atoms. The van der Waals surface area contributed by atoms with Crippen LogP contribution in [0, 0.1) is 11.8 Å². The van der Waals surface area contributed by atoms with E-state index in [9.17, 15) is 19.5 Å². The Hall–Kier alpha value is -4.35. The molecule has 11 nitrogen and oxygen atoms in total. The number of hydrogen-bond donors (Lipinski definition) is 1. The van der Waals surface area contributed by atoms with Crippen LogP contribution in [-0.4, -0.2) is 91.1 Å². The number of carbonyl (C=O) groups is 3. The topological polar surface area (TPSA) is 121 Å². The van der Waals surface area contributed by atoms with Crippen LogP contribution in [0.15, 0.2) is 78.9 Å². The number of hydrogen-bond acceptors (Lipinski definition) is 7. The molecule has 11 heteroatoms. The third kappa shape index (κ3) is 4.21. The fraction of sp³-hybridized carbons (Fsp3) is 0.424. The molecule has 5 heterocycles. The van der Waals surface area contributed by atoms with Gasteiger partial charge in [-0.2, -0.15) is 0 Å². The maximum atomic E-state index is 14.6. The summed E-state index contributed by atoms with van der Waals surface area (Å²) in [5, 5.41) is 18.0. The van der Waals surface area contributed by atoms with Gasteiger partial charge in [0.15, 0.2) is 0 Å². The molecular weight excluding hydrogens is 560 g/mol. The molecule has 4 aliphatic rings. The molecule has 5 atom stereocenters. The van der Waals surface area contributed by atoms with E-state index in [1.54, 1.807) is 19.4 Å². The van der Waals surface area contributed by atoms with E-state index in [-0.39, 0.29) is 44.1 Å². The Bertz CT molecular complexity index is 1650. The zero-order valence-electron chi connectivity index (χ0n) is 24.7. The number of amides is 3. The molecule has 0 aliphatic carbocycles. The van der Waals surface area contributed by atoms with Crippen molar-refractivity contribution in [3.63, 3.8) is 0 Å². The normalized spacial score (nSPS) is 29.6. The van der Waals surface area contributed by atoms with Crippen LogP contribution in [0.4, 0.5) is 5.69 Å². The third-order valence-corrected chi connectivity index (χ3v) is 9.62. The van der Waals surface area contributed by atoms with Gasteiger partial charge in [-0.05, 0) is 43.5 Å². The maximum absolute atomic E-state index is 14.6. The van der Waals surface area contributed by atoms with Crippen LogP contribution in [0.3, 0.4) is 0 Å². The van der Waals surface area contributed by atoms with Crippen molar-refractivity contribution in [1.82, 2.24) is 24.8 Å². The molecule has 2 fully saturated rings. The Kier molecular flexibility index (Phi) is 7.09. The third-order valence-electron chi connectivity index (χ3n) is 9.62. The molecule has 1 unspecified atom stereocenters. The van der Waals surface area contributed by atoms with Gasteiger partial charge < -0.3 is 24.5 Å². The highest BCUT2D eigenvalue weighted by molar-refractivity contribution is 6.04. The number of anilines is 1. The van der Waals surface area contributed by atoms with Gasteiger partial charge in [0.2, 0.25) is 11.8 Å². The smallest absolute Gasteiger partial charge is 0.250 e. The molecule has 2 aromatic carbocycles. The van der Waals surface area contributed by atoms with Crippen LogP contribution < -0.4 is 4.90 Å². The summed E-state index contributed by atoms with van der Waals surface area (Å²) in [5.74, 6) is -2.45. The summed E-state index contributed by atoms with van der Waals surface area (Å²) in [7, 11) is 0. The monoisotopic (exact) mass is 596 g/mol. The van der Waals surface area contributed by atoms with Crippen LogP contribution in [0.2, 0.25) is 0 Å². The first-order valence-corrected chi connectivity index (χ1v) is 15.3. The van der Waals surface area contributed by atoms with Crippen LogP contribution in [-0.2, 0) is 25.8 Å². The van der Waals surface area contributed by atoms with E-state index >= 15 is 0 Å². The minimum absolute atomic E-state index is 0.0198. The van der Waals surface area contributed by atoms with E-state index in [1.807, 2.05) is 85.8 Å². The molecule has 2 saturated heterocycles. The Morgan fingerprint density at radius 2 is 1.68 bits per heavy atom.